The van der Waals surface area contributed by atoms with Gasteiger partial charge >= 0.3 is 0 Å². The molecule has 0 aromatic carbocycles. The molecule has 1 saturated carbocycles. The number of hydrogen-bond donors (Lipinski definition) is 1. The van der Waals surface area contributed by atoms with Gasteiger partial charge in [0.25, 0.3) is 0 Å². The summed E-state index contributed by atoms with van der Waals surface area (Å²) >= 11 is 0. The van der Waals surface area contributed by atoms with E-state index >= 15 is 0 Å². The van der Waals surface area contributed by atoms with E-state index in [9.17, 15) is 0 Å². The topological polar surface area (TPSA) is 47.6 Å². The number of aliphatic imine (C=N–C) groups is 1. The summed E-state index contributed by atoms with van der Waals surface area (Å²) in [5.74, 6) is 2.08. The van der Waals surface area contributed by atoms with E-state index in [1.54, 1.807) is 0 Å². The summed E-state index contributed by atoms with van der Waals surface area (Å²) in [5.41, 5.74) is 5.75. The van der Waals surface area contributed by atoms with E-state index in [4.69, 9.17) is 10.5 Å². The summed E-state index contributed by atoms with van der Waals surface area (Å²) in [6.07, 6.45) is 3.46. The molecule has 82 valence electrons. The Kier molecular flexibility index (Phi) is 4.94. The van der Waals surface area contributed by atoms with Gasteiger partial charge in [-0.3, -0.25) is 4.99 Å². The molecule has 0 atom stereocenters. The van der Waals surface area contributed by atoms with E-state index < -0.39 is 0 Å². The molecule has 0 aromatic rings. The molecular formula is C11H22N2O. The molecule has 0 aliphatic heterocycles. The van der Waals surface area contributed by atoms with Gasteiger partial charge in [-0.05, 0) is 25.2 Å². The van der Waals surface area contributed by atoms with Gasteiger partial charge < -0.3 is 10.5 Å². The number of amidine groups is 1. The van der Waals surface area contributed by atoms with Crippen molar-refractivity contribution in [1.82, 2.24) is 0 Å². The van der Waals surface area contributed by atoms with Gasteiger partial charge in [0.05, 0.1) is 5.84 Å². The summed E-state index contributed by atoms with van der Waals surface area (Å²) in [7, 11) is 0. The average Bonchev–Trinajstić information content (AvgIpc) is 2.92. The Balaban J connectivity index is 1.90. The van der Waals surface area contributed by atoms with Crippen molar-refractivity contribution in [2.24, 2.45) is 22.6 Å². The van der Waals surface area contributed by atoms with Gasteiger partial charge in [0.15, 0.2) is 0 Å². The van der Waals surface area contributed by atoms with E-state index in [1.807, 2.05) is 0 Å². The van der Waals surface area contributed by atoms with E-state index in [2.05, 4.69) is 18.8 Å². The number of nitrogens with two attached hydrogens (primary N) is 1. The number of rotatable bonds is 7. The van der Waals surface area contributed by atoms with Crippen LogP contribution >= 0.6 is 0 Å². The highest BCUT2D eigenvalue weighted by atomic mass is 16.5. The minimum absolute atomic E-state index is 0.603. The van der Waals surface area contributed by atoms with Crippen LogP contribution in [-0.2, 0) is 4.74 Å². The Labute approximate surface area is 86.7 Å². The van der Waals surface area contributed by atoms with Crippen molar-refractivity contribution in [3.05, 3.63) is 0 Å². The molecule has 0 amide bonds. The first kappa shape index (κ1) is 11.5. The first-order valence-corrected chi connectivity index (χ1v) is 5.57. The van der Waals surface area contributed by atoms with Crippen molar-refractivity contribution in [2.75, 3.05) is 19.8 Å². The van der Waals surface area contributed by atoms with Crippen LogP contribution in [0, 0.1) is 11.8 Å². The number of nitrogens with zero attached hydrogens (tertiary/aromatic N) is 1. The molecular weight excluding hydrogens is 176 g/mol. The van der Waals surface area contributed by atoms with Crippen molar-refractivity contribution in [3.8, 4) is 0 Å². The van der Waals surface area contributed by atoms with Crippen LogP contribution in [0.2, 0.25) is 0 Å². The monoisotopic (exact) mass is 198 g/mol. The van der Waals surface area contributed by atoms with Gasteiger partial charge in [-0.15, -0.1) is 0 Å². The standard InChI is InChI=1S/C11H22N2O/c1-9(2)8-14-7-3-6-13-11(12)10-4-5-10/h9-10H,3-8H2,1-2H3,(H2,12,13). The summed E-state index contributed by atoms with van der Waals surface area (Å²) in [4.78, 5) is 4.32. The molecule has 0 unspecified atom stereocenters. The van der Waals surface area contributed by atoms with Crippen LogP contribution in [0.3, 0.4) is 0 Å². The fourth-order valence-electron chi connectivity index (χ4n) is 1.20. The molecule has 0 bridgehead atoms. The Bertz CT molecular complexity index is 186. The van der Waals surface area contributed by atoms with Crippen LogP contribution in [-0.4, -0.2) is 25.6 Å². The number of hydrogen-bond acceptors (Lipinski definition) is 2. The zero-order chi connectivity index (χ0) is 10.4. The normalized spacial score (nSPS) is 17.8. The lowest BCUT2D eigenvalue weighted by Crippen LogP contribution is -2.15. The molecule has 0 radical (unpaired) electrons. The summed E-state index contributed by atoms with van der Waals surface area (Å²) in [5, 5.41) is 0. The predicted octanol–water partition coefficient (Wildman–Crippen LogP) is 1.82. The maximum Gasteiger partial charge on any atom is 0.0968 e. The predicted molar refractivity (Wildman–Crippen MR) is 59.5 cm³/mol. The first-order valence-electron chi connectivity index (χ1n) is 5.57. The highest BCUT2D eigenvalue weighted by Gasteiger charge is 2.24. The highest BCUT2D eigenvalue weighted by Crippen LogP contribution is 2.28. The summed E-state index contributed by atoms with van der Waals surface area (Å²) < 4.78 is 5.44. The van der Waals surface area contributed by atoms with E-state index in [-0.39, 0.29) is 0 Å². The maximum absolute atomic E-state index is 5.75. The Morgan fingerprint density at radius 3 is 2.79 bits per heavy atom. The molecule has 0 heterocycles. The zero-order valence-corrected chi connectivity index (χ0v) is 9.33. The van der Waals surface area contributed by atoms with Gasteiger partial charge in [-0.1, -0.05) is 13.8 Å². The van der Waals surface area contributed by atoms with Crippen LogP contribution in [0.4, 0.5) is 0 Å². The molecule has 1 rings (SSSR count). The minimum atomic E-state index is 0.603. The number of ether oxygens (including phenoxy) is 1. The second-order valence-electron chi connectivity index (χ2n) is 4.40. The molecule has 1 aliphatic rings. The molecule has 0 saturated heterocycles. The lowest BCUT2D eigenvalue weighted by molar-refractivity contribution is 0.109. The molecule has 14 heavy (non-hydrogen) atoms. The van der Waals surface area contributed by atoms with Gasteiger partial charge in [0, 0.05) is 25.7 Å². The minimum Gasteiger partial charge on any atom is -0.387 e. The van der Waals surface area contributed by atoms with Gasteiger partial charge in [0.1, 0.15) is 0 Å². The lowest BCUT2D eigenvalue weighted by Gasteiger charge is -2.05. The first-order chi connectivity index (χ1) is 6.70. The third-order valence-electron chi connectivity index (χ3n) is 2.19. The van der Waals surface area contributed by atoms with Gasteiger partial charge in [0.2, 0.25) is 0 Å². The molecule has 3 heteroatoms. The zero-order valence-electron chi connectivity index (χ0n) is 9.33. The van der Waals surface area contributed by atoms with E-state index in [1.165, 1.54) is 12.8 Å². The van der Waals surface area contributed by atoms with Crippen molar-refractivity contribution >= 4 is 5.84 Å². The lowest BCUT2D eigenvalue weighted by atomic mass is 10.2. The molecule has 0 aromatic heterocycles. The Hall–Kier alpha value is -0.570. The summed E-state index contributed by atoms with van der Waals surface area (Å²) in [6.45, 7) is 6.79. The third-order valence-corrected chi connectivity index (χ3v) is 2.19. The van der Waals surface area contributed by atoms with Crippen LogP contribution in [0.5, 0.6) is 0 Å². The van der Waals surface area contributed by atoms with Crippen LogP contribution in [0.15, 0.2) is 4.99 Å². The summed E-state index contributed by atoms with van der Waals surface area (Å²) in [6, 6.07) is 0. The van der Waals surface area contributed by atoms with Gasteiger partial charge in [-0.25, -0.2) is 0 Å². The maximum atomic E-state index is 5.75. The Morgan fingerprint density at radius 1 is 1.50 bits per heavy atom. The second kappa shape index (κ2) is 6.02. The van der Waals surface area contributed by atoms with Crippen LogP contribution in [0.1, 0.15) is 33.1 Å². The van der Waals surface area contributed by atoms with Gasteiger partial charge in [-0.2, -0.15) is 0 Å². The van der Waals surface area contributed by atoms with Crippen molar-refractivity contribution in [3.63, 3.8) is 0 Å². The van der Waals surface area contributed by atoms with Crippen molar-refractivity contribution in [2.45, 2.75) is 33.1 Å². The molecule has 2 N–H and O–H groups in total. The van der Waals surface area contributed by atoms with E-state index in [0.717, 1.165) is 32.0 Å². The fourth-order valence-corrected chi connectivity index (χ4v) is 1.20. The molecule has 3 nitrogen and oxygen atoms in total. The third kappa shape index (κ3) is 5.22. The SMILES string of the molecule is CC(C)COCCCN=C(N)C1CC1. The smallest absolute Gasteiger partial charge is 0.0968 e. The fraction of sp³-hybridized carbons (Fsp3) is 0.909. The second-order valence-corrected chi connectivity index (χ2v) is 4.40. The molecule has 1 fully saturated rings. The highest BCUT2D eigenvalue weighted by molar-refractivity contribution is 5.84. The molecule has 1 aliphatic carbocycles. The van der Waals surface area contributed by atoms with Crippen molar-refractivity contribution in [1.29, 1.82) is 0 Å². The molecule has 0 spiro atoms. The van der Waals surface area contributed by atoms with Crippen LogP contribution in [0.25, 0.3) is 0 Å². The average molecular weight is 198 g/mol. The van der Waals surface area contributed by atoms with Crippen LogP contribution < -0.4 is 5.73 Å². The Morgan fingerprint density at radius 2 is 2.21 bits per heavy atom. The quantitative estimate of drug-likeness (QED) is 0.385. The van der Waals surface area contributed by atoms with Crippen molar-refractivity contribution < 1.29 is 4.74 Å². The largest absolute Gasteiger partial charge is 0.387 e. The van der Waals surface area contributed by atoms with E-state index in [0.29, 0.717) is 11.8 Å².